The number of halogens is 1. The first-order chi connectivity index (χ1) is 11.1. The minimum atomic E-state index is -0.289. The summed E-state index contributed by atoms with van der Waals surface area (Å²) in [5, 5.41) is 22.7. The van der Waals surface area contributed by atoms with Crippen LogP contribution >= 0.6 is 22.9 Å². The van der Waals surface area contributed by atoms with Gasteiger partial charge in [-0.15, -0.1) is 16.4 Å². The topological polar surface area (TPSA) is 107 Å². The molecule has 3 rings (SSSR count). The Morgan fingerprint density at radius 3 is 2.78 bits per heavy atom. The van der Waals surface area contributed by atoms with Gasteiger partial charge in [-0.25, -0.2) is 10.1 Å². The lowest BCUT2D eigenvalue weighted by Gasteiger charge is -2.01. The van der Waals surface area contributed by atoms with E-state index < -0.39 is 0 Å². The smallest absolute Gasteiger partial charge is 0.257 e. The van der Waals surface area contributed by atoms with E-state index in [1.54, 1.807) is 24.3 Å². The molecule has 23 heavy (non-hydrogen) atoms. The second kappa shape index (κ2) is 6.16. The molecule has 0 saturated heterocycles. The van der Waals surface area contributed by atoms with Gasteiger partial charge in [0.1, 0.15) is 11.8 Å². The number of aromatic nitrogens is 4. The Labute approximate surface area is 139 Å². The minimum absolute atomic E-state index is 0.231. The fourth-order valence-electron chi connectivity index (χ4n) is 1.91. The molecule has 0 bridgehead atoms. The molecule has 0 saturated carbocycles. The Hall–Kier alpha value is -2.76. The first-order valence-corrected chi connectivity index (χ1v) is 7.64. The van der Waals surface area contributed by atoms with Gasteiger partial charge in [0, 0.05) is 15.5 Å². The molecule has 1 aromatic carbocycles. The predicted octanol–water partition coefficient (Wildman–Crippen LogP) is 3.01. The predicted molar refractivity (Wildman–Crippen MR) is 86.3 cm³/mol. The van der Waals surface area contributed by atoms with E-state index in [0.717, 1.165) is 4.88 Å². The van der Waals surface area contributed by atoms with Gasteiger partial charge in [0.2, 0.25) is 0 Å². The van der Waals surface area contributed by atoms with Crippen molar-refractivity contribution < 1.29 is 4.79 Å². The summed E-state index contributed by atoms with van der Waals surface area (Å²) in [6.45, 7) is 1.83. The number of anilines is 1. The van der Waals surface area contributed by atoms with Crippen molar-refractivity contribution in [1.29, 1.82) is 5.26 Å². The number of benzene rings is 1. The van der Waals surface area contributed by atoms with Crippen LogP contribution < -0.4 is 5.32 Å². The average Bonchev–Trinajstić information content (AvgIpc) is 3.13. The second-order valence-corrected chi connectivity index (χ2v) is 6.17. The van der Waals surface area contributed by atoms with Crippen LogP contribution in [-0.4, -0.2) is 26.3 Å². The van der Waals surface area contributed by atoms with Crippen LogP contribution in [0.2, 0.25) is 5.02 Å². The number of thiazole rings is 1. The molecular formula is C14H9ClN6OS. The number of H-pyrrole nitrogens is 1. The molecular weight excluding hydrogens is 336 g/mol. The van der Waals surface area contributed by atoms with Gasteiger partial charge in [-0.05, 0) is 31.2 Å². The molecule has 0 radical (unpaired) electrons. The van der Waals surface area contributed by atoms with Gasteiger partial charge in [0.25, 0.3) is 5.91 Å². The Kier molecular flexibility index (Phi) is 4.06. The Balaban J connectivity index is 1.85. The molecule has 3 aromatic rings. The van der Waals surface area contributed by atoms with Gasteiger partial charge in [-0.3, -0.25) is 10.1 Å². The van der Waals surface area contributed by atoms with Crippen molar-refractivity contribution >= 4 is 34.0 Å². The van der Waals surface area contributed by atoms with Gasteiger partial charge in [-0.1, -0.05) is 16.8 Å². The highest BCUT2D eigenvalue weighted by molar-refractivity contribution is 7.16. The maximum absolute atomic E-state index is 12.2. The maximum Gasteiger partial charge on any atom is 0.257 e. The summed E-state index contributed by atoms with van der Waals surface area (Å²) < 4.78 is 0. The van der Waals surface area contributed by atoms with Gasteiger partial charge < -0.3 is 0 Å². The Morgan fingerprint density at radius 1 is 1.35 bits per heavy atom. The van der Waals surface area contributed by atoms with E-state index in [2.05, 4.69) is 25.7 Å². The number of carbonyl (C=O) groups excluding carboxylic acids is 1. The molecule has 0 fully saturated rings. The number of rotatable bonds is 3. The zero-order chi connectivity index (χ0) is 16.4. The van der Waals surface area contributed by atoms with Crippen molar-refractivity contribution in [2.45, 2.75) is 6.92 Å². The molecule has 2 heterocycles. The zero-order valence-electron chi connectivity index (χ0n) is 11.8. The Morgan fingerprint density at radius 2 is 2.09 bits per heavy atom. The van der Waals surface area contributed by atoms with Crippen LogP contribution in [0.5, 0.6) is 0 Å². The van der Waals surface area contributed by atoms with Crippen molar-refractivity contribution in [3.8, 4) is 17.5 Å². The highest BCUT2D eigenvalue weighted by atomic mass is 35.5. The van der Waals surface area contributed by atoms with E-state index in [0.29, 0.717) is 27.1 Å². The first kappa shape index (κ1) is 15.1. The lowest BCUT2D eigenvalue weighted by molar-refractivity contribution is 0.102. The number of nitriles is 1. The van der Waals surface area contributed by atoms with Crippen molar-refractivity contribution in [1.82, 2.24) is 20.4 Å². The number of nitrogens with zero attached hydrogens (tertiary/aromatic N) is 4. The normalized spacial score (nSPS) is 10.3. The first-order valence-electron chi connectivity index (χ1n) is 6.44. The van der Waals surface area contributed by atoms with Crippen molar-refractivity contribution in [3.05, 3.63) is 45.4 Å². The third-order valence-corrected chi connectivity index (χ3v) is 4.15. The third-order valence-electron chi connectivity index (χ3n) is 3.01. The molecule has 0 aliphatic rings. The van der Waals surface area contributed by atoms with Gasteiger partial charge in [-0.2, -0.15) is 5.26 Å². The van der Waals surface area contributed by atoms with E-state index in [4.69, 9.17) is 16.9 Å². The van der Waals surface area contributed by atoms with Crippen LogP contribution in [0.3, 0.4) is 0 Å². The maximum atomic E-state index is 12.2. The number of aryl methyl sites for hydroxylation is 1. The molecule has 9 heteroatoms. The number of hydrogen-bond acceptors (Lipinski definition) is 6. The average molecular weight is 345 g/mol. The summed E-state index contributed by atoms with van der Waals surface area (Å²) >= 11 is 7.10. The standard InChI is InChI=1S/C14H9ClN6OS/c1-7-11(12-10(6-16)19-21-20-12)17-14(23-7)18-13(22)8-2-4-9(15)5-3-8/h2-5H,1H3,(H,17,18,22)(H,19,20,21). The summed E-state index contributed by atoms with van der Waals surface area (Å²) in [5.41, 5.74) is 1.59. The van der Waals surface area contributed by atoms with Gasteiger partial charge >= 0.3 is 0 Å². The fraction of sp³-hybridized carbons (Fsp3) is 0.0714. The highest BCUT2D eigenvalue weighted by Gasteiger charge is 2.18. The number of nitrogens with one attached hydrogen (secondary N) is 2. The van der Waals surface area contributed by atoms with Crippen LogP contribution in [0.1, 0.15) is 20.9 Å². The van der Waals surface area contributed by atoms with E-state index in [9.17, 15) is 4.79 Å². The minimum Gasteiger partial charge on any atom is -0.298 e. The number of hydrogen-bond donors (Lipinski definition) is 2. The summed E-state index contributed by atoms with van der Waals surface area (Å²) in [6.07, 6.45) is 0. The summed E-state index contributed by atoms with van der Waals surface area (Å²) in [6, 6.07) is 8.51. The molecule has 0 aliphatic heterocycles. The van der Waals surface area contributed by atoms with E-state index in [1.165, 1.54) is 11.3 Å². The number of aromatic amines is 1. The van der Waals surface area contributed by atoms with E-state index >= 15 is 0 Å². The number of carbonyl (C=O) groups is 1. The molecule has 1 amide bonds. The lowest BCUT2D eigenvalue weighted by atomic mass is 10.2. The third kappa shape index (κ3) is 3.06. The molecule has 7 nitrogen and oxygen atoms in total. The largest absolute Gasteiger partial charge is 0.298 e. The van der Waals surface area contributed by atoms with E-state index in [1.807, 2.05) is 13.0 Å². The van der Waals surface area contributed by atoms with Crippen LogP contribution in [0, 0.1) is 18.3 Å². The summed E-state index contributed by atoms with van der Waals surface area (Å²) in [4.78, 5) is 17.3. The highest BCUT2D eigenvalue weighted by Crippen LogP contribution is 2.30. The number of amides is 1. The molecule has 0 atom stereocenters. The molecule has 114 valence electrons. The molecule has 2 N–H and O–H groups in total. The Bertz CT molecular complexity index is 908. The second-order valence-electron chi connectivity index (χ2n) is 4.53. The van der Waals surface area contributed by atoms with Crippen LogP contribution in [0.25, 0.3) is 11.4 Å². The molecule has 2 aromatic heterocycles. The molecule has 0 spiro atoms. The van der Waals surface area contributed by atoms with Gasteiger partial charge in [0.15, 0.2) is 16.5 Å². The summed E-state index contributed by atoms with van der Waals surface area (Å²) in [5.74, 6) is -0.289. The van der Waals surface area contributed by atoms with Crippen molar-refractivity contribution in [3.63, 3.8) is 0 Å². The fourth-order valence-corrected chi connectivity index (χ4v) is 2.85. The quantitative estimate of drug-likeness (QED) is 0.759. The monoisotopic (exact) mass is 344 g/mol. The van der Waals surface area contributed by atoms with Crippen molar-refractivity contribution in [2.75, 3.05) is 5.32 Å². The zero-order valence-corrected chi connectivity index (χ0v) is 13.4. The summed E-state index contributed by atoms with van der Waals surface area (Å²) in [7, 11) is 0. The van der Waals surface area contributed by atoms with Crippen LogP contribution in [0.15, 0.2) is 24.3 Å². The van der Waals surface area contributed by atoms with Crippen LogP contribution in [0.4, 0.5) is 5.13 Å². The van der Waals surface area contributed by atoms with E-state index in [-0.39, 0.29) is 11.6 Å². The lowest BCUT2D eigenvalue weighted by Crippen LogP contribution is -2.11. The SMILES string of the molecule is Cc1sc(NC(=O)c2ccc(Cl)cc2)nc1-c1nn[nH]c1C#N. The van der Waals surface area contributed by atoms with Crippen molar-refractivity contribution in [2.24, 2.45) is 0 Å². The molecule has 0 unspecified atom stereocenters. The van der Waals surface area contributed by atoms with Crippen LogP contribution in [-0.2, 0) is 0 Å². The van der Waals surface area contributed by atoms with Gasteiger partial charge in [0.05, 0.1) is 0 Å². The molecule has 0 aliphatic carbocycles.